The van der Waals surface area contributed by atoms with E-state index in [0.29, 0.717) is 24.8 Å². The highest BCUT2D eigenvalue weighted by Crippen LogP contribution is 2.19. The molecule has 6 nitrogen and oxygen atoms in total. The SMILES string of the molecule is CC(C)c1nc(Nc2ccc(OCCN)cc2)cc(=O)[nH]1. The van der Waals surface area contributed by atoms with Crippen LogP contribution in [0.3, 0.4) is 0 Å². The lowest BCUT2D eigenvalue weighted by Crippen LogP contribution is -2.13. The van der Waals surface area contributed by atoms with E-state index in [1.165, 1.54) is 6.07 Å². The smallest absolute Gasteiger partial charge is 0.252 e. The summed E-state index contributed by atoms with van der Waals surface area (Å²) in [6, 6.07) is 8.85. The Kier molecular flexibility index (Phi) is 4.94. The van der Waals surface area contributed by atoms with Crippen molar-refractivity contribution in [1.82, 2.24) is 9.97 Å². The molecule has 0 saturated carbocycles. The van der Waals surface area contributed by atoms with Gasteiger partial charge in [-0.25, -0.2) is 4.98 Å². The zero-order chi connectivity index (χ0) is 15.2. The van der Waals surface area contributed by atoms with E-state index in [1.807, 2.05) is 38.1 Å². The normalized spacial score (nSPS) is 10.7. The maximum atomic E-state index is 11.6. The first-order valence-electron chi connectivity index (χ1n) is 6.89. The number of aromatic nitrogens is 2. The number of hydrogen-bond donors (Lipinski definition) is 3. The summed E-state index contributed by atoms with van der Waals surface area (Å²) < 4.78 is 5.41. The lowest BCUT2D eigenvalue weighted by atomic mass is 10.2. The first-order valence-corrected chi connectivity index (χ1v) is 6.89. The molecule has 0 radical (unpaired) electrons. The second kappa shape index (κ2) is 6.90. The third-order valence-corrected chi connectivity index (χ3v) is 2.82. The molecule has 0 fully saturated rings. The Morgan fingerprint density at radius 2 is 2.05 bits per heavy atom. The van der Waals surface area contributed by atoms with Crippen LogP contribution in [0.5, 0.6) is 5.75 Å². The molecule has 2 rings (SSSR count). The first-order chi connectivity index (χ1) is 10.1. The van der Waals surface area contributed by atoms with Gasteiger partial charge in [-0.3, -0.25) is 4.79 Å². The Balaban J connectivity index is 2.12. The van der Waals surface area contributed by atoms with Gasteiger partial charge < -0.3 is 20.8 Å². The van der Waals surface area contributed by atoms with Crippen LogP contribution in [0.2, 0.25) is 0 Å². The fourth-order valence-corrected chi connectivity index (χ4v) is 1.77. The molecule has 112 valence electrons. The monoisotopic (exact) mass is 288 g/mol. The van der Waals surface area contributed by atoms with Crippen molar-refractivity contribution in [1.29, 1.82) is 0 Å². The fourth-order valence-electron chi connectivity index (χ4n) is 1.77. The van der Waals surface area contributed by atoms with Crippen molar-refractivity contribution in [3.8, 4) is 5.75 Å². The molecular weight excluding hydrogens is 268 g/mol. The molecule has 0 bridgehead atoms. The third kappa shape index (κ3) is 4.32. The minimum absolute atomic E-state index is 0.159. The molecule has 6 heteroatoms. The predicted octanol–water partition coefficient (Wildman–Crippen LogP) is 1.97. The van der Waals surface area contributed by atoms with Crippen LogP contribution in [-0.2, 0) is 0 Å². The van der Waals surface area contributed by atoms with E-state index in [2.05, 4.69) is 15.3 Å². The maximum Gasteiger partial charge on any atom is 0.252 e. The molecule has 1 aromatic carbocycles. The lowest BCUT2D eigenvalue weighted by molar-refractivity contribution is 0.328. The van der Waals surface area contributed by atoms with Gasteiger partial charge in [0.1, 0.15) is 24.0 Å². The number of nitrogens with zero attached hydrogens (tertiary/aromatic N) is 1. The van der Waals surface area contributed by atoms with E-state index in [4.69, 9.17) is 10.5 Å². The Morgan fingerprint density at radius 1 is 1.33 bits per heavy atom. The molecule has 0 spiro atoms. The van der Waals surface area contributed by atoms with Crippen LogP contribution in [0, 0.1) is 0 Å². The Morgan fingerprint density at radius 3 is 2.67 bits per heavy atom. The molecule has 0 atom stereocenters. The van der Waals surface area contributed by atoms with Gasteiger partial charge in [-0.2, -0.15) is 0 Å². The van der Waals surface area contributed by atoms with Gasteiger partial charge in [-0.05, 0) is 24.3 Å². The Bertz CT molecular complexity index is 635. The highest BCUT2D eigenvalue weighted by molar-refractivity contribution is 5.56. The summed E-state index contributed by atoms with van der Waals surface area (Å²) in [5.41, 5.74) is 6.05. The molecule has 1 heterocycles. The summed E-state index contributed by atoms with van der Waals surface area (Å²) in [7, 11) is 0. The minimum Gasteiger partial charge on any atom is -0.492 e. The number of ether oxygens (including phenoxy) is 1. The molecule has 0 amide bonds. The van der Waals surface area contributed by atoms with Crippen molar-refractivity contribution < 1.29 is 4.74 Å². The Labute approximate surface area is 123 Å². The summed E-state index contributed by atoms with van der Waals surface area (Å²) in [6.45, 7) is 4.92. The van der Waals surface area contributed by atoms with E-state index in [-0.39, 0.29) is 11.5 Å². The van der Waals surface area contributed by atoms with Gasteiger partial charge in [-0.15, -0.1) is 0 Å². The number of anilines is 2. The number of benzene rings is 1. The van der Waals surface area contributed by atoms with Crippen LogP contribution in [0.1, 0.15) is 25.6 Å². The van der Waals surface area contributed by atoms with Crippen LogP contribution in [0.4, 0.5) is 11.5 Å². The second-order valence-corrected chi connectivity index (χ2v) is 4.96. The van der Waals surface area contributed by atoms with Gasteiger partial charge in [0.15, 0.2) is 0 Å². The number of nitrogens with one attached hydrogen (secondary N) is 2. The highest BCUT2D eigenvalue weighted by atomic mass is 16.5. The van der Waals surface area contributed by atoms with Crippen LogP contribution in [0.15, 0.2) is 35.1 Å². The first kappa shape index (κ1) is 15.1. The summed E-state index contributed by atoms with van der Waals surface area (Å²) in [5, 5.41) is 3.11. The molecule has 0 aliphatic carbocycles. The van der Waals surface area contributed by atoms with Gasteiger partial charge in [0.2, 0.25) is 0 Å². The van der Waals surface area contributed by atoms with Crippen LogP contribution >= 0.6 is 0 Å². The van der Waals surface area contributed by atoms with E-state index in [9.17, 15) is 4.79 Å². The molecule has 2 aromatic rings. The van der Waals surface area contributed by atoms with Gasteiger partial charge in [0.05, 0.1) is 0 Å². The molecule has 0 aliphatic heterocycles. The third-order valence-electron chi connectivity index (χ3n) is 2.82. The molecular formula is C15H20N4O2. The average molecular weight is 288 g/mol. The Hall–Kier alpha value is -2.34. The average Bonchev–Trinajstić information content (AvgIpc) is 2.46. The predicted molar refractivity (Wildman–Crippen MR) is 83.2 cm³/mol. The topological polar surface area (TPSA) is 93.0 Å². The standard InChI is InChI=1S/C15H20N4O2/c1-10(2)15-18-13(9-14(20)19-15)17-11-3-5-12(6-4-11)21-8-7-16/h3-6,9-10H,7-8,16H2,1-2H3,(H2,17,18,19,20). The minimum atomic E-state index is -0.168. The number of nitrogens with two attached hydrogens (primary N) is 1. The zero-order valence-corrected chi connectivity index (χ0v) is 12.2. The summed E-state index contributed by atoms with van der Waals surface area (Å²) in [5.74, 6) is 2.10. The molecule has 0 aliphatic rings. The quantitative estimate of drug-likeness (QED) is 0.755. The number of H-pyrrole nitrogens is 1. The van der Waals surface area contributed by atoms with Crippen LogP contribution in [0.25, 0.3) is 0 Å². The molecule has 0 unspecified atom stereocenters. The summed E-state index contributed by atoms with van der Waals surface area (Å²) in [6.07, 6.45) is 0. The zero-order valence-electron chi connectivity index (χ0n) is 12.2. The van der Waals surface area contributed by atoms with Crippen molar-refractivity contribution in [2.45, 2.75) is 19.8 Å². The van der Waals surface area contributed by atoms with Crippen molar-refractivity contribution in [2.75, 3.05) is 18.5 Å². The summed E-state index contributed by atoms with van der Waals surface area (Å²) in [4.78, 5) is 18.7. The van der Waals surface area contributed by atoms with Gasteiger partial charge in [0.25, 0.3) is 5.56 Å². The largest absolute Gasteiger partial charge is 0.492 e. The van der Waals surface area contributed by atoms with Gasteiger partial charge in [-0.1, -0.05) is 13.8 Å². The maximum absolute atomic E-state index is 11.6. The van der Waals surface area contributed by atoms with Crippen molar-refractivity contribution in [3.63, 3.8) is 0 Å². The van der Waals surface area contributed by atoms with Crippen LogP contribution in [-0.4, -0.2) is 23.1 Å². The lowest BCUT2D eigenvalue weighted by Gasteiger charge is -2.10. The molecule has 1 aromatic heterocycles. The van der Waals surface area contributed by atoms with E-state index in [1.54, 1.807) is 0 Å². The van der Waals surface area contributed by atoms with Gasteiger partial charge >= 0.3 is 0 Å². The molecule has 21 heavy (non-hydrogen) atoms. The van der Waals surface area contributed by atoms with E-state index in [0.717, 1.165) is 11.4 Å². The van der Waals surface area contributed by atoms with Crippen molar-refractivity contribution >= 4 is 11.5 Å². The van der Waals surface area contributed by atoms with Crippen molar-refractivity contribution in [3.05, 3.63) is 46.5 Å². The number of aromatic amines is 1. The molecule has 0 saturated heterocycles. The van der Waals surface area contributed by atoms with Crippen LogP contribution < -0.4 is 21.3 Å². The van der Waals surface area contributed by atoms with Gasteiger partial charge in [0, 0.05) is 24.2 Å². The number of hydrogen-bond acceptors (Lipinski definition) is 5. The fraction of sp³-hybridized carbons (Fsp3) is 0.333. The second-order valence-electron chi connectivity index (χ2n) is 4.96. The van der Waals surface area contributed by atoms with E-state index < -0.39 is 0 Å². The number of rotatable bonds is 6. The van der Waals surface area contributed by atoms with E-state index >= 15 is 0 Å². The van der Waals surface area contributed by atoms with Crippen molar-refractivity contribution in [2.24, 2.45) is 5.73 Å². The highest BCUT2D eigenvalue weighted by Gasteiger charge is 2.05. The molecule has 4 N–H and O–H groups in total. The summed E-state index contributed by atoms with van der Waals surface area (Å²) >= 11 is 0.